The number of benzene rings is 1. The number of fused-ring (bicyclic) bond motifs is 3. The van der Waals surface area contributed by atoms with Gasteiger partial charge in [-0.2, -0.15) is 0 Å². The quantitative estimate of drug-likeness (QED) is 0.176. The second kappa shape index (κ2) is 9.77. The zero-order valence-electron chi connectivity index (χ0n) is 18.7. The Kier molecular flexibility index (Phi) is 7.14. The Morgan fingerprint density at radius 2 is 1.94 bits per heavy atom. The summed E-state index contributed by atoms with van der Waals surface area (Å²) in [5.41, 5.74) is -0.817. The van der Waals surface area contributed by atoms with Gasteiger partial charge in [-0.3, -0.25) is 23.7 Å². The first-order valence-corrected chi connectivity index (χ1v) is 13.2. The van der Waals surface area contributed by atoms with Gasteiger partial charge in [0.05, 0.1) is 13.2 Å². The topological polar surface area (TPSA) is 126 Å². The molecule has 3 heterocycles. The van der Waals surface area contributed by atoms with Gasteiger partial charge in [-0.25, -0.2) is 4.67 Å². The van der Waals surface area contributed by atoms with Gasteiger partial charge < -0.3 is 18.7 Å². The fourth-order valence-corrected chi connectivity index (χ4v) is 8.21. The van der Waals surface area contributed by atoms with Gasteiger partial charge in [-0.1, -0.05) is 12.1 Å². The highest BCUT2D eigenvalue weighted by Crippen LogP contribution is 2.65. The molecule has 6 atom stereocenters. The van der Waals surface area contributed by atoms with Crippen LogP contribution in [0.15, 0.2) is 24.3 Å². The number of halogens is 1. The van der Waals surface area contributed by atoms with Crippen LogP contribution in [0, 0.1) is 11.8 Å². The number of ether oxygens (including phenoxy) is 3. The van der Waals surface area contributed by atoms with Crippen molar-refractivity contribution >= 4 is 42.8 Å². The van der Waals surface area contributed by atoms with Gasteiger partial charge in [0, 0.05) is 31.8 Å². The Labute approximate surface area is 201 Å². The van der Waals surface area contributed by atoms with Crippen LogP contribution in [0.25, 0.3) is 0 Å². The standard InChI is InChI=1S/C22H25ClNO9P/c1-3-30-21(27)17-15(13-4-6-14(7-5-13)32-12(2)25)16-18(26)20(19(17)33-22(16)28)34(29)24(9-8-23)10-11-31-34/h4-7,15-17,19-20H,3,8-11H2,1-2H3/t15-,16+,17-,19+,20-,34-/m0/s1. The van der Waals surface area contributed by atoms with Crippen molar-refractivity contribution in [2.24, 2.45) is 11.8 Å². The van der Waals surface area contributed by atoms with Crippen LogP contribution < -0.4 is 4.74 Å². The molecule has 1 aliphatic carbocycles. The van der Waals surface area contributed by atoms with Crippen molar-refractivity contribution < 1.29 is 42.5 Å². The monoisotopic (exact) mass is 513 g/mol. The van der Waals surface area contributed by atoms with E-state index in [9.17, 15) is 23.7 Å². The third kappa shape index (κ3) is 4.17. The van der Waals surface area contributed by atoms with Crippen LogP contribution >= 0.6 is 19.1 Å². The number of nitrogens with zero attached hydrogens (tertiary/aromatic N) is 1. The number of esters is 3. The van der Waals surface area contributed by atoms with E-state index in [1.165, 1.54) is 23.7 Å². The Bertz CT molecular complexity index is 1050. The fourth-order valence-electron chi connectivity index (χ4n) is 5.03. The van der Waals surface area contributed by atoms with E-state index < -0.39 is 60.7 Å². The molecule has 1 aromatic rings. The summed E-state index contributed by atoms with van der Waals surface area (Å²) in [6.07, 6.45) is -1.32. The van der Waals surface area contributed by atoms with Gasteiger partial charge in [0.25, 0.3) is 7.52 Å². The Hall–Kier alpha value is -2.26. The van der Waals surface area contributed by atoms with E-state index in [1.54, 1.807) is 19.1 Å². The van der Waals surface area contributed by atoms with Crippen LogP contribution in [0.4, 0.5) is 0 Å². The molecule has 184 valence electrons. The largest absolute Gasteiger partial charge is 0.466 e. The summed E-state index contributed by atoms with van der Waals surface area (Å²) >= 11 is 5.86. The predicted molar refractivity (Wildman–Crippen MR) is 119 cm³/mol. The molecule has 34 heavy (non-hydrogen) atoms. The van der Waals surface area contributed by atoms with Gasteiger partial charge in [0.2, 0.25) is 0 Å². The van der Waals surface area contributed by atoms with E-state index >= 15 is 0 Å². The van der Waals surface area contributed by atoms with Crippen LogP contribution in [-0.2, 0) is 37.7 Å². The lowest BCUT2D eigenvalue weighted by molar-refractivity contribution is -0.187. The van der Waals surface area contributed by atoms with Crippen LogP contribution in [0.2, 0.25) is 0 Å². The molecule has 3 aliphatic heterocycles. The zero-order chi connectivity index (χ0) is 24.6. The van der Waals surface area contributed by atoms with Crippen molar-refractivity contribution in [3.63, 3.8) is 0 Å². The summed E-state index contributed by atoms with van der Waals surface area (Å²) in [7, 11) is -3.78. The SMILES string of the molecule is CCOC(=O)[C@@H]1[C@H]2OC(=O)[C@@H](C(=O)[C@@H]2[P@]2(=O)OCCN2CCCl)[C@@H]1c1ccc(OC(C)=O)cc1. The summed E-state index contributed by atoms with van der Waals surface area (Å²) in [4.78, 5) is 50.8. The average Bonchev–Trinajstić information content (AvgIpc) is 3.14. The molecule has 0 unspecified atom stereocenters. The minimum Gasteiger partial charge on any atom is -0.466 e. The number of carbonyl (C=O) groups is 4. The second-order valence-electron chi connectivity index (χ2n) is 8.23. The first-order valence-electron chi connectivity index (χ1n) is 11.0. The van der Waals surface area contributed by atoms with Gasteiger partial charge in [-0.15, -0.1) is 11.6 Å². The Balaban J connectivity index is 1.77. The zero-order valence-corrected chi connectivity index (χ0v) is 20.3. The summed E-state index contributed by atoms with van der Waals surface area (Å²) in [5, 5.41) is 0. The van der Waals surface area contributed by atoms with Gasteiger partial charge in [0.15, 0.2) is 5.78 Å². The molecule has 10 nitrogen and oxygen atoms in total. The maximum Gasteiger partial charge on any atom is 0.317 e. The van der Waals surface area contributed by atoms with Crippen LogP contribution in [0.3, 0.4) is 0 Å². The van der Waals surface area contributed by atoms with E-state index in [-0.39, 0.29) is 31.4 Å². The molecule has 1 saturated carbocycles. The fraction of sp³-hybridized carbons (Fsp3) is 0.545. The molecule has 0 amide bonds. The predicted octanol–water partition coefficient (Wildman–Crippen LogP) is 2.13. The van der Waals surface area contributed by atoms with Crippen molar-refractivity contribution in [3.8, 4) is 5.75 Å². The van der Waals surface area contributed by atoms with Gasteiger partial charge >= 0.3 is 17.9 Å². The number of carbonyl (C=O) groups excluding carboxylic acids is 4. The molecule has 2 bridgehead atoms. The van der Waals surface area contributed by atoms with Crippen LogP contribution in [0.1, 0.15) is 25.3 Å². The molecular weight excluding hydrogens is 489 g/mol. The van der Waals surface area contributed by atoms with Gasteiger partial charge in [-0.05, 0) is 24.6 Å². The van der Waals surface area contributed by atoms with Crippen molar-refractivity contribution in [1.82, 2.24) is 4.67 Å². The minimum atomic E-state index is -3.78. The molecule has 0 aromatic heterocycles. The molecule has 0 spiro atoms. The van der Waals surface area contributed by atoms with Crippen molar-refractivity contribution in [2.75, 3.05) is 32.2 Å². The molecule has 4 fully saturated rings. The Morgan fingerprint density at radius 1 is 1.24 bits per heavy atom. The summed E-state index contributed by atoms with van der Waals surface area (Å²) < 4.78 is 36.9. The summed E-state index contributed by atoms with van der Waals surface area (Å²) in [6, 6.07) is 6.19. The number of rotatable bonds is 7. The number of Topliss-reactive ketones (excluding diaryl/α,β-unsaturated/α-hetero) is 1. The van der Waals surface area contributed by atoms with Crippen molar-refractivity contribution in [1.29, 1.82) is 0 Å². The van der Waals surface area contributed by atoms with Gasteiger partial charge in [0.1, 0.15) is 29.3 Å². The van der Waals surface area contributed by atoms with Crippen LogP contribution in [-0.4, -0.2) is 72.3 Å². The number of hydrogen-bond acceptors (Lipinski definition) is 9. The lowest BCUT2D eigenvalue weighted by atomic mass is 9.64. The molecular formula is C22H25ClNO9P. The number of hydrogen-bond donors (Lipinski definition) is 0. The smallest absolute Gasteiger partial charge is 0.317 e. The van der Waals surface area contributed by atoms with E-state index in [2.05, 4.69) is 0 Å². The molecule has 0 radical (unpaired) electrons. The van der Waals surface area contributed by atoms with Crippen molar-refractivity contribution in [2.45, 2.75) is 31.5 Å². The Morgan fingerprint density at radius 3 is 2.56 bits per heavy atom. The highest BCUT2D eigenvalue weighted by Gasteiger charge is 2.68. The van der Waals surface area contributed by atoms with E-state index in [1.807, 2.05) is 0 Å². The molecule has 4 aliphatic rings. The molecule has 3 saturated heterocycles. The normalized spacial score (nSPS) is 33.0. The lowest BCUT2D eigenvalue weighted by Crippen LogP contribution is -2.64. The molecule has 1 aromatic carbocycles. The van der Waals surface area contributed by atoms with E-state index in [0.717, 1.165) is 0 Å². The highest BCUT2D eigenvalue weighted by molar-refractivity contribution is 7.58. The van der Waals surface area contributed by atoms with E-state index in [0.29, 0.717) is 12.1 Å². The minimum absolute atomic E-state index is 0.0733. The number of ketones is 1. The molecule has 5 rings (SSSR count). The van der Waals surface area contributed by atoms with Crippen molar-refractivity contribution in [3.05, 3.63) is 29.8 Å². The maximum absolute atomic E-state index is 13.9. The average molecular weight is 514 g/mol. The maximum atomic E-state index is 13.9. The third-order valence-electron chi connectivity index (χ3n) is 6.31. The second-order valence-corrected chi connectivity index (χ2v) is 11.1. The van der Waals surface area contributed by atoms with E-state index in [4.69, 9.17) is 30.3 Å². The summed E-state index contributed by atoms with van der Waals surface area (Å²) in [6.45, 7) is 3.64. The summed E-state index contributed by atoms with van der Waals surface area (Å²) in [5.74, 6) is -5.41. The number of alkyl halides is 1. The lowest BCUT2D eigenvalue weighted by Gasteiger charge is -2.50. The molecule has 12 heteroatoms. The first kappa shape index (κ1) is 24.9. The first-order chi connectivity index (χ1) is 16.2. The third-order valence-corrected chi connectivity index (χ3v) is 9.48. The highest BCUT2D eigenvalue weighted by atomic mass is 35.5. The molecule has 0 N–H and O–H groups in total. The van der Waals surface area contributed by atoms with Crippen LogP contribution in [0.5, 0.6) is 5.75 Å².